The van der Waals surface area contributed by atoms with E-state index in [-0.39, 0.29) is 16.4 Å². The number of nitrogens with zero attached hydrogens (tertiary/aromatic N) is 1. The summed E-state index contributed by atoms with van der Waals surface area (Å²) in [6.45, 7) is 15.9. The lowest BCUT2D eigenvalue weighted by atomic mass is 10.1. The summed E-state index contributed by atoms with van der Waals surface area (Å²) < 4.78 is 6.75. The lowest BCUT2D eigenvalue weighted by Gasteiger charge is -2.39. The van der Waals surface area contributed by atoms with E-state index in [1.54, 1.807) is 11.3 Å². The summed E-state index contributed by atoms with van der Waals surface area (Å²) in [5.74, 6) is 0. The first-order chi connectivity index (χ1) is 10.4. The SMILES string of the molecule is C/C(=C\c1csc(C)n1)[C@H](CCP([PH3+])I)O[Si](C)(C)C(C)(C)C. The Balaban J connectivity index is 2.97. The van der Waals surface area contributed by atoms with Gasteiger partial charge in [-0.2, -0.15) is 0 Å². The van der Waals surface area contributed by atoms with Crippen molar-refractivity contribution < 1.29 is 4.43 Å². The second kappa shape index (κ2) is 9.18. The Morgan fingerprint density at radius 1 is 1.52 bits per heavy atom. The molecular weight excluding hydrogens is 471 g/mol. The Labute approximate surface area is 163 Å². The van der Waals surface area contributed by atoms with Crippen LogP contribution in [-0.2, 0) is 4.43 Å². The van der Waals surface area contributed by atoms with Crippen LogP contribution in [0.25, 0.3) is 6.08 Å². The Kier molecular flexibility index (Phi) is 8.86. The molecule has 1 aromatic rings. The van der Waals surface area contributed by atoms with E-state index in [2.05, 4.69) is 95.1 Å². The number of hydrogen-bond acceptors (Lipinski definition) is 3. The summed E-state index contributed by atoms with van der Waals surface area (Å²) in [7, 11) is 0.364. The smallest absolute Gasteiger partial charge is 0.192 e. The zero-order valence-corrected chi connectivity index (χ0v) is 21.7. The predicted octanol–water partition coefficient (Wildman–Crippen LogP) is 6.99. The third-order valence-electron chi connectivity index (χ3n) is 4.40. The number of hydrogen-bond donors (Lipinski definition) is 0. The molecule has 0 radical (unpaired) electrons. The topological polar surface area (TPSA) is 22.1 Å². The van der Waals surface area contributed by atoms with Crippen molar-refractivity contribution >= 4 is 62.0 Å². The average Bonchev–Trinajstić information content (AvgIpc) is 2.78. The highest BCUT2D eigenvalue weighted by molar-refractivity contribution is 14.2. The Hall–Kier alpha value is 1.14. The summed E-state index contributed by atoms with van der Waals surface area (Å²) in [4.78, 5) is 4.58. The maximum Gasteiger partial charge on any atom is 0.192 e. The van der Waals surface area contributed by atoms with Gasteiger partial charge in [0, 0.05) is 20.5 Å². The van der Waals surface area contributed by atoms with Crippen LogP contribution in [0, 0.1) is 6.92 Å². The molecule has 0 spiro atoms. The molecule has 1 rings (SSSR count). The van der Waals surface area contributed by atoms with Gasteiger partial charge in [-0.25, -0.2) is 4.98 Å². The van der Waals surface area contributed by atoms with Gasteiger partial charge in [-0.05, 0) is 72.1 Å². The Morgan fingerprint density at radius 2 is 2.13 bits per heavy atom. The lowest BCUT2D eigenvalue weighted by Crippen LogP contribution is -2.44. The molecule has 0 N–H and O–H groups in total. The zero-order chi connectivity index (χ0) is 17.8. The predicted molar refractivity (Wildman–Crippen MR) is 124 cm³/mol. The molecule has 7 heteroatoms. The number of halogens is 1. The van der Waals surface area contributed by atoms with E-state index in [4.69, 9.17) is 4.43 Å². The molecule has 0 bridgehead atoms. The van der Waals surface area contributed by atoms with Crippen molar-refractivity contribution in [1.29, 1.82) is 0 Å². The van der Waals surface area contributed by atoms with Crippen LogP contribution in [0.5, 0.6) is 0 Å². The molecule has 2 unspecified atom stereocenters. The summed E-state index contributed by atoms with van der Waals surface area (Å²) >= 11 is 4.29. The molecule has 132 valence electrons. The Morgan fingerprint density at radius 3 is 2.57 bits per heavy atom. The van der Waals surface area contributed by atoms with E-state index in [0.717, 1.165) is 17.1 Å². The molecule has 0 aliphatic carbocycles. The molecule has 1 aromatic heterocycles. The van der Waals surface area contributed by atoms with E-state index in [9.17, 15) is 0 Å². The zero-order valence-electron chi connectivity index (χ0n) is 15.4. The third kappa shape index (κ3) is 7.50. The molecule has 0 saturated heterocycles. The van der Waals surface area contributed by atoms with Crippen molar-refractivity contribution in [2.24, 2.45) is 0 Å². The van der Waals surface area contributed by atoms with Crippen LogP contribution in [0.1, 0.15) is 44.8 Å². The first-order valence-electron chi connectivity index (χ1n) is 7.94. The van der Waals surface area contributed by atoms with Crippen molar-refractivity contribution in [3.63, 3.8) is 0 Å². The molecule has 0 amide bonds. The minimum absolute atomic E-state index is 0.110. The van der Waals surface area contributed by atoms with Gasteiger partial charge in [0.25, 0.3) is 0 Å². The average molecular weight is 502 g/mol. The highest BCUT2D eigenvalue weighted by atomic mass is 127. The molecule has 0 fully saturated rings. The largest absolute Gasteiger partial charge is 0.410 e. The van der Waals surface area contributed by atoms with Gasteiger partial charge >= 0.3 is 0 Å². The normalized spacial score (nSPS) is 16.6. The molecule has 1 heterocycles. The fourth-order valence-corrected chi connectivity index (χ4v) is 5.78. The molecule has 3 atom stereocenters. The van der Waals surface area contributed by atoms with Crippen molar-refractivity contribution in [3.05, 3.63) is 21.7 Å². The van der Waals surface area contributed by atoms with Gasteiger partial charge < -0.3 is 4.43 Å². The van der Waals surface area contributed by atoms with Gasteiger partial charge in [-0.3, -0.25) is 0 Å². The van der Waals surface area contributed by atoms with Crippen molar-refractivity contribution in [3.8, 4) is 0 Å². The van der Waals surface area contributed by atoms with E-state index >= 15 is 0 Å². The standard InChI is InChI=1S/C16H30INOP2SSi/c1-12(10-14-11-22-13(2)18-14)15(8-9-21(17)20)19-23(6,7)16(3,4)5/h10-11,15H,8-9,20H2,1-7H3/p+1/b12-10+/t15-,21?/m0/s1. The lowest BCUT2D eigenvalue weighted by molar-refractivity contribution is 0.211. The van der Waals surface area contributed by atoms with E-state index in [1.807, 2.05) is 0 Å². The molecule has 23 heavy (non-hydrogen) atoms. The van der Waals surface area contributed by atoms with E-state index in [1.165, 1.54) is 11.7 Å². The number of aryl methyl sites for hydroxylation is 1. The van der Waals surface area contributed by atoms with Gasteiger partial charge in [0.15, 0.2) is 8.32 Å². The van der Waals surface area contributed by atoms with Crippen molar-refractivity contribution in [2.75, 3.05) is 6.16 Å². The van der Waals surface area contributed by atoms with E-state index in [0.29, 0.717) is 0 Å². The van der Waals surface area contributed by atoms with Crippen LogP contribution in [0.4, 0.5) is 0 Å². The summed E-state index contributed by atoms with van der Waals surface area (Å²) in [6, 6.07) is 0. The third-order valence-corrected chi connectivity index (χ3v) is 12.8. The second-order valence-corrected chi connectivity index (χ2v) is 25.0. The first kappa shape index (κ1) is 22.2. The Bertz CT molecular complexity index is 540. The maximum atomic E-state index is 6.75. The monoisotopic (exact) mass is 502 g/mol. The quantitative estimate of drug-likeness (QED) is 0.228. The van der Waals surface area contributed by atoms with Gasteiger partial charge in [-0.15, -0.1) is 11.3 Å². The molecule has 0 aliphatic rings. The van der Waals surface area contributed by atoms with Crippen LogP contribution in [0.15, 0.2) is 11.0 Å². The van der Waals surface area contributed by atoms with Crippen LogP contribution in [-0.4, -0.2) is 25.6 Å². The first-order valence-corrected chi connectivity index (χ1v) is 18.1. The highest BCUT2D eigenvalue weighted by Gasteiger charge is 2.39. The van der Waals surface area contributed by atoms with Gasteiger partial charge in [-0.1, -0.05) is 20.8 Å². The van der Waals surface area contributed by atoms with Crippen LogP contribution in [0.3, 0.4) is 0 Å². The fraction of sp³-hybridized carbons (Fsp3) is 0.688. The summed E-state index contributed by atoms with van der Waals surface area (Å²) in [5.41, 5.74) is 2.39. The molecule has 0 aliphatic heterocycles. The van der Waals surface area contributed by atoms with Gasteiger partial charge in [0.05, 0.1) is 16.8 Å². The molecule has 2 nitrogen and oxygen atoms in total. The van der Waals surface area contributed by atoms with Gasteiger partial charge in [0.2, 0.25) is 0 Å². The molecule has 0 saturated carbocycles. The molecular formula is C16H31INOP2SSi+. The molecule has 0 aromatic carbocycles. The van der Waals surface area contributed by atoms with Crippen LogP contribution < -0.4 is 0 Å². The van der Waals surface area contributed by atoms with Crippen molar-refractivity contribution in [1.82, 2.24) is 4.98 Å². The number of rotatable bonds is 7. The fourth-order valence-electron chi connectivity index (χ4n) is 1.94. The minimum atomic E-state index is -1.77. The second-order valence-electron chi connectivity index (χ2n) is 7.52. The van der Waals surface area contributed by atoms with Crippen LogP contribution in [0.2, 0.25) is 18.1 Å². The summed E-state index contributed by atoms with van der Waals surface area (Å²) in [5, 5.41) is 3.61. The van der Waals surface area contributed by atoms with Crippen LogP contribution >= 0.6 is 47.6 Å². The number of aromatic nitrogens is 1. The van der Waals surface area contributed by atoms with E-state index < -0.39 is 8.32 Å². The van der Waals surface area contributed by atoms with Crippen molar-refractivity contribution in [2.45, 2.75) is 65.3 Å². The highest BCUT2D eigenvalue weighted by Crippen LogP contribution is 2.54. The minimum Gasteiger partial charge on any atom is -0.410 e. The number of thiazole rings is 1. The maximum absolute atomic E-state index is 6.75. The van der Waals surface area contributed by atoms with Gasteiger partial charge in [0.1, 0.15) is 5.25 Å². The summed E-state index contributed by atoms with van der Waals surface area (Å²) in [6.07, 6.45) is 4.82.